The third-order valence-corrected chi connectivity index (χ3v) is 5.19. The number of amides is 1. The van der Waals surface area contributed by atoms with Crippen molar-refractivity contribution in [2.75, 3.05) is 5.32 Å². The van der Waals surface area contributed by atoms with E-state index in [1.165, 1.54) is 0 Å². The minimum absolute atomic E-state index is 0.0575. The van der Waals surface area contributed by atoms with Gasteiger partial charge in [0.05, 0.1) is 18.1 Å². The van der Waals surface area contributed by atoms with Crippen molar-refractivity contribution in [3.8, 4) is 11.1 Å². The van der Waals surface area contributed by atoms with E-state index in [2.05, 4.69) is 5.32 Å². The van der Waals surface area contributed by atoms with Crippen LogP contribution in [0.3, 0.4) is 0 Å². The highest BCUT2D eigenvalue weighted by Crippen LogP contribution is 2.27. The molecule has 154 valence electrons. The topological polar surface area (TPSA) is 80.6 Å². The van der Waals surface area contributed by atoms with Crippen molar-refractivity contribution in [1.29, 1.82) is 0 Å². The van der Waals surface area contributed by atoms with Crippen molar-refractivity contribution in [2.24, 2.45) is 0 Å². The lowest BCUT2D eigenvalue weighted by molar-refractivity contribution is -0.160. The van der Waals surface area contributed by atoms with E-state index in [-0.39, 0.29) is 24.4 Å². The van der Waals surface area contributed by atoms with Crippen LogP contribution in [0.15, 0.2) is 73.1 Å². The van der Waals surface area contributed by atoms with Gasteiger partial charge in [-0.05, 0) is 17.7 Å². The van der Waals surface area contributed by atoms with Gasteiger partial charge >= 0.3 is 5.97 Å². The minimum Gasteiger partial charge on any atom is -0.462 e. The Kier molecular flexibility index (Phi) is 5.95. The van der Waals surface area contributed by atoms with Gasteiger partial charge in [-0.3, -0.25) is 9.59 Å². The molecule has 6 heteroatoms. The Morgan fingerprint density at radius 1 is 1.07 bits per heavy atom. The zero-order valence-electron chi connectivity index (χ0n) is 16.5. The van der Waals surface area contributed by atoms with E-state index in [1.807, 2.05) is 77.6 Å². The Hall–Kier alpha value is -3.38. The number of rotatable bonds is 6. The van der Waals surface area contributed by atoms with Gasteiger partial charge in [0.25, 0.3) is 5.91 Å². The lowest BCUT2D eigenvalue weighted by atomic mass is 10.0. The second kappa shape index (κ2) is 8.97. The summed E-state index contributed by atoms with van der Waals surface area (Å²) in [6.07, 6.45) is 3.88. The van der Waals surface area contributed by atoms with Crippen LogP contribution in [0.2, 0.25) is 0 Å². The van der Waals surface area contributed by atoms with Gasteiger partial charge in [0.1, 0.15) is 6.10 Å². The number of cyclic esters (lactones) is 1. The molecule has 6 nitrogen and oxygen atoms in total. The van der Waals surface area contributed by atoms with Crippen LogP contribution in [0.1, 0.15) is 29.6 Å². The first-order valence-corrected chi connectivity index (χ1v) is 10.1. The maximum atomic E-state index is 13.0. The molecule has 3 aromatic rings. The number of aryl methyl sites for hydroxylation is 1. The molecule has 2 aromatic carbocycles. The van der Waals surface area contributed by atoms with Crippen LogP contribution in [-0.2, 0) is 16.1 Å². The lowest BCUT2D eigenvalue weighted by Gasteiger charge is -2.25. The number of benzene rings is 2. The molecule has 1 aliphatic rings. The number of hydrogen-bond donors (Lipinski definition) is 2. The summed E-state index contributed by atoms with van der Waals surface area (Å²) >= 11 is 0. The van der Waals surface area contributed by atoms with Gasteiger partial charge in [0.15, 0.2) is 0 Å². The fraction of sp³-hybridized carbons (Fsp3) is 0.250. The molecule has 0 bridgehead atoms. The fourth-order valence-corrected chi connectivity index (χ4v) is 3.72. The molecule has 1 aliphatic heterocycles. The van der Waals surface area contributed by atoms with E-state index < -0.39 is 6.10 Å². The molecule has 1 aromatic heterocycles. The van der Waals surface area contributed by atoms with E-state index in [9.17, 15) is 14.7 Å². The number of hydrogen-bond acceptors (Lipinski definition) is 4. The SMILES string of the molecule is O=C1CC(O)CC(CCn2cc(C(=O)Nc3ccccc3)c(-c3ccccc3)c2)O1. The number of aromatic nitrogens is 1. The normalized spacial score (nSPS) is 18.6. The Bertz CT molecular complexity index is 1010. The Balaban J connectivity index is 1.55. The molecule has 4 rings (SSSR count). The number of ether oxygens (including phenoxy) is 1. The molecule has 1 saturated heterocycles. The van der Waals surface area contributed by atoms with E-state index in [0.717, 1.165) is 16.8 Å². The standard InChI is InChI=1S/C24H24N2O4/c27-19-13-20(30-23(28)14-19)11-12-26-15-21(17-7-3-1-4-8-17)22(16-26)24(29)25-18-9-5-2-6-10-18/h1-10,15-16,19-20,27H,11-14H2,(H,25,29). The molecule has 2 unspecified atom stereocenters. The van der Waals surface area contributed by atoms with Crippen molar-refractivity contribution in [1.82, 2.24) is 4.57 Å². The zero-order valence-corrected chi connectivity index (χ0v) is 16.5. The smallest absolute Gasteiger partial charge is 0.308 e. The molecule has 0 radical (unpaired) electrons. The molecule has 0 spiro atoms. The summed E-state index contributed by atoms with van der Waals surface area (Å²) in [5.74, 6) is -0.544. The molecule has 1 amide bonds. The number of para-hydroxylation sites is 1. The van der Waals surface area contributed by atoms with E-state index in [0.29, 0.717) is 24.9 Å². The molecule has 2 atom stereocenters. The van der Waals surface area contributed by atoms with Gasteiger partial charge in [-0.25, -0.2) is 0 Å². The van der Waals surface area contributed by atoms with E-state index in [1.54, 1.807) is 0 Å². The number of carbonyl (C=O) groups excluding carboxylic acids is 2. The Morgan fingerprint density at radius 3 is 2.47 bits per heavy atom. The van der Waals surface area contributed by atoms with Gasteiger partial charge in [-0.2, -0.15) is 0 Å². The predicted octanol–water partition coefficient (Wildman–Crippen LogP) is 3.86. The van der Waals surface area contributed by atoms with Crippen LogP contribution in [-0.4, -0.2) is 33.8 Å². The summed E-state index contributed by atoms with van der Waals surface area (Å²) < 4.78 is 7.28. The highest BCUT2D eigenvalue weighted by Gasteiger charge is 2.27. The van der Waals surface area contributed by atoms with Crippen molar-refractivity contribution in [3.63, 3.8) is 0 Å². The van der Waals surface area contributed by atoms with Crippen LogP contribution >= 0.6 is 0 Å². The average molecular weight is 404 g/mol. The van der Waals surface area contributed by atoms with Gasteiger partial charge in [-0.15, -0.1) is 0 Å². The molecular formula is C24H24N2O4. The molecule has 30 heavy (non-hydrogen) atoms. The first-order valence-electron chi connectivity index (χ1n) is 10.1. The summed E-state index contributed by atoms with van der Waals surface area (Å²) in [4.78, 5) is 24.5. The average Bonchev–Trinajstić information content (AvgIpc) is 3.18. The molecular weight excluding hydrogens is 380 g/mol. The van der Waals surface area contributed by atoms with E-state index >= 15 is 0 Å². The van der Waals surface area contributed by atoms with Gasteiger partial charge < -0.3 is 19.7 Å². The highest BCUT2D eigenvalue weighted by molar-refractivity contribution is 6.08. The first kappa shape index (κ1) is 19.9. The number of carbonyl (C=O) groups is 2. The number of anilines is 1. The highest BCUT2D eigenvalue weighted by atomic mass is 16.5. The number of nitrogens with one attached hydrogen (secondary N) is 1. The number of aliphatic hydroxyl groups excluding tert-OH is 1. The van der Waals surface area contributed by atoms with Crippen LogP contribution in [0.5, 0.6) is 0 Å². The van der Waals surface area contributed by atoms with Crippen molar-refractivity contribution < 1.29 is 19.4 Å². The molecule has 2 heterocycles. The summed E-state index contributed by atoms with van der Waals surface area (Å²) in [6, 6.07) is 19.1. The van der Waals surface area contributed by atoms with Crippen molar-refractivity contribution in [2.45, 2.75) is 38.0 Å². The molecule has 0 aliphatic carbocycles. The van der Waals surface area contributed by atoms with Gasteiger partial charge in [0, 0.05) is 43.0 Å². The maximum absolute atomic E-state index is 13.0. The quantitative estimate of drug-likeness (QED) is 0.612. The number of aliphatic hydroxyl groups is 1. The monoisotopic (exact) mass is 404 g/mol. The summed E-state index contributed by atoms with van der Waals surface area (Å²) in [5.41, 5.74) is 3.10. The number of esters is 1. The van der Waals surface area contributed by atoms with Gasteiger partial charge in [0.2, 0.25) is 0 Å². The van der Waals surface area contributed by atoms with Crippen LogP contribution < -0.4 is 5.32 Å². The van der Waals surface area contributed by atoms with Gasteiger partial charge in [-0.1, -0.05) is 48.5 Å². The third kappa shape index (κ3) is 4.78. The first-order chi connectivity index (χ1) is 14.6. The zero-order chi connectivity index (χ0) is 20.9. The molecule has 1 fully saturated rings. The summed E-state index contributed by atoms with van der Waals surface area (Å²) in [6.45, 7) is 0.573. The lowest BCUT2D eigenvalue weighted by Crippen LogP contribution is -2.33. The second-order valence-electron chi connectivity index (χ2n) is 7.50. The summed E-state index contributed by atoms with van der Waals surface area (Å²) in [7, 11) is 0. The van der Waals surface area contributed by atoms with Crippen LogP contribution in [0.4, 0.5) is 5.69 Å². The Morgan fingerprint density at radius 2 is 1.77 bits per heavy atom. The van der Waals surface area contributed by atoms with Crippen molar-refractivity contribution in [3.05, 3.63) is 78.6 Å². The largest absolute Gasteiger partial charge is 0.462 e. The summed E-state index contributed by atoms with van der Waals surface area (Å²) in [5, 5.41) is 12.7. The van der Waals surface area contributed by atoms with Crippen LogP contribution in [0, 0.1) is 0 Å². The molecule has 0 saturated carbocycles. The minimum atomic E-state index is -0.645. The van der Waals surface area contributed by atoms with Crippen LogP contribution in [0.25, 0.3) is 11.1 Å². The number of nitrogens with zero attached hydrogens (tertiary/aromatic N) is 1. The van der Waals surface area contributed by atoms with Crippen molar-refractivity contribution >= 4 is 17.6 Å². The third-order valence-electron chi connectivity index (χ3n) is 5.19. The fourth-order valence-electron chi connectivity index (χ4n) is 3.72. The maximum Gasteiger partial charge on any atom is 0.308 e. The Labute approximate surface area is 175 Å². The second-order valence-corrected chi connectivity index (χ2v) is 7.50. The molecule has 2 N–H and O–H groups in total. The van der Waals surface area contributed by atoms with E-state index in [4.69, 9.17) is 4.74 Å². The predicted molar refractivity (Wildman–Crippen MR) is 114 cm³/mol.